The van der Waals surface area contributed by atoms with Gasteiger partial charge in [-0.05, 0) is 22.6 Å². The lowest BCUT2D eigenvalue weighted by Crippen LogP contribution is -1.99. The van der Waals surface area contributed by atoms with E-state index in [9.17, 15) is 5.11 Å². The van der Waals surface area contributed by atoms with E-state index >= 15 is 0 Å². The van der Waals surface area contributed by atoms with Crippen LogP contribution in [-0.2, 0) is 0 Å². The van der Waals surface area contributed by atoms with Gasteiger partial charge in [0.05, 0.1) is 13.3 Å². The first-order chi connectivity index (χ1) is 8.22. The molecule has 0 fully saturated rings. The number of para-hydroxylation sites is 1. The number of nitrogen functional groups attached to an aromatic ring is 1. The highest BCUT2D eigenvalue weighted by molar-refractivity contribution is 5.84. The largest absolute Gasteiger partial charge is 0.504 e. The summed E-state index contributed by atoms with van der Waals surface area (Å²) in [6.07, 6.45) is 1.38. The second kappa shape index (κ2) is 4.47. The standard InChI is InChI=1S/C9H10N6O2/c1-17-7-4-2-3-6(8(7)16)5-11-15-9(10)12-13-14-15/h2-5,16H,1H3,(H2,10,12,14)/b11-5-. The zero-order chi connectivity index (χ0) is 12.3. The molecule has 0 bridgehead atoms. The molecule has 17 heavy (non-hydrogen) atoms. The van der Waals surface area contributed by atoms with Crippen LogP contribution in [0, 0.1) is 0 Å². The molecule has 0 atom stereocenters. The van der Waals surface area contributed by atoms with E-state index in [4.69, 9.17) is 10.5 Å². The molecule has 0 aliphatic heterocycles. The van der Waals surface area contributed by atoms with E-state index in [1.807, 2.05) is 0 Å². The first kappa shape index (κ1) is 10.9. The number of anilines is 1. The van der Waals surface area contributed by atoms with Crippen LogP contribution >= 0.6 is 0 Å². The number of ether oxygens (including phenoxy) is 1. The molecule has 1 heterocycles. The number of methoxy groups -OCH3 is 1. The number of aromatic hydroxyl groups is 1. The predicted octanol–water partition coefficient (Wildman–Crippen LogP) is -0.148. The number of hydrogen-bond donors (Lipinski definition) is 2. The maximum absolute atomic E-state index is 9.78. The maximum Gasteiger partial charge on any atom is 0.263 e. The number of rotatable bonds is 3. The van der Waals surface area contributed by atoms with Crippen molar-refractivity contribution in [1.82, 2.24) is 20.3 Å². The minimum atomic E-state index is -0.00889. The van der Waals surface area contributed by atoms with Crippen LogP contribution in [0.2, 0.25) is 0 Å². The van der Waals surface area contributed by atoms with E-state index in [2.05, 4.69) is 20.6 Å². The highest BCUT2D eigenvalue weighted by Gasteiger charge is 2.05. The third-order valence-corrected chi connectivity index (χ3v) is 2.03. The monoisotopic (exact) mass is 234 g/mol. The van der Waals surface area contributed by atoms with E-state index in [0.717, 1.165) is 4.79 Å². The number of phenols is 1. The van der Waals surface area contributed by atoms with Crippen molar-refractivity contribution >= 4 is 12.2 Å². The molecule has 1 aromatic carbocycles. The van der Waals surface area contributed by atoms with Gasteiger partial charge < -0.3 is 15.6 Å². The van der Waals surface area contributed by atoms with E-state index in [1.54, 1.807) is 18.2 Å². The summed E-state index contributed by atoms with van der Waals surface area (Å²) >= 11 is 0. The lowest BCUT2D eigenvalue weighted by Gasteiger charge is -2.04. The van der Waals surface area contributed by atoms with Gasteiger partial charge in [-0.2, -0.15) is 5.10 Å². The number of tetrazole rings is 1. The molecule has 0 aliphatic rings. The Balaban J connectivity index is 2.30. The second-order valence-corrected chi connectivity index (χ2v) is 3.07. The van der Waals surface area contributed by atoms with Gasteiger partial charge >= 0.3 is 0 Å². The van der Waals surface area contributed by atoms with Crippen molar-refractivity contribution in [2.75, 3.05) is 12.8 Å². The van der Waals surface area contributed by atoms with Crippen LogP contribution in [0.5, 0.6) is 11.5 Å². The van der Waals surface area contributed by atoms with Gasteiger partial charge in [0.25, 0.3) is 5.95 Å². The topological polar surface area (TPSA) is 111 Å². The number of nitrogens with zero attached hydrogens (tertiary/aromatic N) is 5. The molecule has 1 aromatic heterocycles. The molecule has 3 N–H and O–H groups in total. The van der Waals surface area contributed by atoms with Crippen molar-refractivity contribution in [2.45, 2.75) is 0 Å². The lowest BCUT2D eigenvalue weighted by atomic mass is 10.2. The summed E-state index contributed by atoms with van der Waals surface area (Å²) in [4.78, 5) is 1.04. The Kier molecular flexibility index (Phi) is 2.86. The zero-order valence-electron chi connectivity index (χ0n) is 8.98. The van der Waals surface area contributed by atoms with E-state index in [-0.39, 0.29) is 11.7 Å². The summed E-state index contributed by atoms with van der Waals surface area (Å²) in [7, 11) is 1.47. The SMILES string of the molecule is COc1cccc(/C=N\n2nnnc2N)c1O. The van der Waals surface area contributed by atoms with Gasteiger partial charge in [-0.15, -0.1) is 0 Å². The fourth-order valence-corrected chi connectivity index (χ4v) is 1.20. The molecule has 88 valence electrons. The van der Waals surface area contributed by atoms with Crippen molar-refractivity contribution in [3.8, 4) is 11.5 Å². The molecule has 0 aliphatic carbocycles. The average Bonchev–Trinajstić information content (AvgIpc) is 2.74. The molecular weight excluding hydrogens is 224 g/mol. The number of aromatic nitrogens is 4. The van der Waals surface area contributed by atoms with E-state index < -0.39 is 0 Å². The van der Waals surface area contributed by atoms with E-state index in [1.165, 1.54) is 13.3 Å². The lowest BCUT2D eigenvalue weighted by molar-refractivity contribution is 0.373. The predicted molar refractivity (Wildman–Crippen MR) is 59.9 cm³/mol. The maximum atomic E-state index is 9.78. The van der Waals surface area contributed by atoms with Gasteiger partial charge in [0.2, 0.25) is 0 Å². The minimum Gasteiger partial charge on any atom is -0.504 e. The fraction of sp³-hybridized carbons (Fsp3) is 0.111. The molecule has 0 unspecified atom stereocenters. The quantitative estimate of drug-likeness (QED) is 0.714. The smallest absolute Gasteiger partial charge is 0.263 e. The molecule has 2 aromatic rings. The summed E-state index contributed by atoms with van der Waals surface area (Å²) in [5.41, 5.74) is 5.90. The number of phenolic OH excluding ortho intramolecular Hbond substituents is 1. The normalized spacial score (nSPS) is 10.9. The van der Waals surface area contributed by atoms with Crippen LogP contribution in [-0.4, -0.2) is 38.7 Å². The molecule has 0 saturated carbocycles. The van der Waals surface area contributed by atoms with Gasteiger partial charge in [-0.1, -0.05) is 16.0 Å². The summed E-state index contributed by atoms with van der Waals surface area (Å²) in [5, 5.41) is 24.0. The third kappa shape index (κ3) is 2.14. The molecule has 0 saturated heterocycles. The highest BCUT2D eigenvalue weighted by Crippen LogP contribution is 2.27. The van der Waals surface area contributed by atoms with Crippen LogP contribution in [0.15, 0.2) is 23.3 Å². The Hall–Kier alpha value is -2.64. The van der Waals surface area contributed by atoms with Crippen LogP contribution in [0.3, 0.4) is 0 Å². The number of benzene rings is 1. The molecule has 0 amide bonds. The first-order valence-corrected chi connectivity index (χ1v) is 4.66. The van der Waals surface area contributed by atoms with Crippen LogP contribution in [0.1, 0.15) is 5.56 Å². The number of hydrogen-bond acceptors (Lipinski definition) is 7. The van der Waals surface area contributed by atoms with Crippen molar-refractivity contribution in [2.24, 2.45) is 5.10 Å². The van der Waals surface area contributed by atoms with Crippen LogP contribution in [0.4, 0.5) is 5.95 Å². The van der Waals surface area contributed by atoms with Gasteiger partial charge in [-0.3, -0.25) is 0 Å². The fourth-order valence-electron chi connectivity index (χ4n) is 1.20. The Morgan fingerprint density at radius 1 is 1.53 bits per heavy atom. The van der Waals surface area contributed by atoms with E-state index in [0.29, 0.717) is 11.3 Å². The van der Waals surface area contributed by atoms with Gasteiger partial charge in [0.15, 0.2) is 11.5 Å². The first-order valence-electron chi connectivity index (χ1n) is 4.66. The summed E-state index contributed by atoms with van der Waals surface area (Å²) in [6, 6.07) is 5.03. The second-order valence-electron chi connectivity index (χ2n) is 3.07. The van der Waals surface area contributed by atoms with Gasteiger partial charge in [0, 0.05) is 5.56 Å². The summed E-state index contributed by atoms with van der Waals surface area (Å²) in [5.74, 6) is 0.410. The molecule has 0 radical (unpaired) electrons. The van der Waals surface area contributed by atoms with Gasteiger partial charge in [-0.25, -0.2) is 0 Å². The number of nitrogens with two attached hydrogens (primary N) is 1. The third-order valence-electron chi connectivity index (χ3n) is 2.03. The highest BCUT2D eigenvalue weighted by atomic mass is 16.5. The Labute approximate surface area is 96.3 Å². The van der Waals surface area contributed by atoms with Crippen LogP contribution < -0.4 is 10.5 Å². The molecule has 0 spiro atoms. The Bertz CT molecular complexity index is 550. The molecule has 8 nitrogen and oxygen atoms in total. The Morgan fingerprint density at radius 2 is 2.35 bits per heavy atom. The van der Waals surface area contributed by atoms with Crippen molar-refractivity contribution < 1.29 is 9.84 Å². The van der Waals surface area contributed by atoms with Crippen molar-refractivity contribution in [3.05, 3.63) is 23.8 Å². The Morgan fingerprint density at radius 3 is 3.00 bits per heavy atom. The summed E-state index contributed by atoms with van der Waals surface area (Å²) in [6.45, 7) is 0. The van der Waals surface area contributed by atoms with Crippen molar-refractivity contribution in [3.63, 3.8) is 0 Å². The average molecular weight is 234 g/mol. The minimum absolute atomic E-state index is 0.00889. The van der Waals surface area contributed by atoms with Crippen molar-refractivity contribution in [1.29, 1.82) is 0 Å². The zero-order valence-corrected chi connectivity index (χ0v) is 8.98. The molecule has 2 rings (SSSR count). The molecule has 8 heteroatoms. The van der Waals surface area contributed by atoms with Gasteiger partial charge in [0.1, 0.15) is 0 Å². The van der Waals surface area contributed by atoms with Crippen LogP contribution in [0.25, 0.3) is 0 Å². The molecular formula is C9H10N6O2. The summed E-state index contributed by atoms with van der Waals surface area (Å²) < 4.78 is 4.96.